The molecule has 3 heterocycles. The van der Waals surface area contributed by atoms with Crippen molar-refractivity contribution < 1.29 is 4.74 Å². The smallest absolute Gasteiger partial charge is 0.326 e. The van der Waals surface area contributed by atoms with Gasteiger partial charge in [-0.1, -0.05) is 0 Å². The second-order valence-electron chi connectivity index (χ2n) is 5.48. The Kier molecular flexibility index (Phi) is 2.77. The summed E-state index contributed by atoms with van der Waals surface area (Å²) in [7, 11) is 5.22. The highest BCUT2D eigenvalue weighted by Crippen LogP contribution is 2.35. The van der Waals surface area contributed by atoms with E-state index in [4.69, 9.17) is 4.74 Å². The van der Waals surface area contributed by atoms with Crippen molar-refractivity contribution >= 4 is 21.9 Å². The Morgan fingerprint density at radius 1 is 1.22 bits per heavy atom. The first-order chi connectivity index (χ1) is 11.1. The minimum Gasteiger partial charge on any atom is -0.496 e. The second-order valence-corrected chi connectivity index (χ2v) is 5.48. The van der Waals surface area contributed by atoms with Gasteiger partial charge in [0.05, 0.1) is 36.1 Å². The van der Waals surface area contributed by atoms with E-state index in [2.05, 4.69) is 15.1 Å². The zero-order chi connectivity index (χ0) is 16.1. The number of fused-ring (bicyclic) bond motifs is 3. The van der Waals surface area contributed by atoms with Gasteiger partial charge in [-0.2, -0.15) is 5.10 Å². The molecule has 0 aliphatic rings. The van der Waals surface area contributed by atoms with Gasteiger partial charge < -0.3 is 9.72 Å². The molecular formula is C16H15N5O2. The van der Waals surface area contributed by atoms with Crippen LogP contribution in [0.15, 0.2) is 35.5 Å². The number of imidazole rings is 1. The predicted molar refractivity (Wildman–Crippen MR) is 87.6 cm³/mol. The zero-order valence-electron chi connectivity index (χ0n) is 13.0. The molecule has 4 aromatic rings. The molecule has 0 unspecified atom stereocenters. The molecule has 0 saturated carbocycles. The molecule has 116 valence electrons. The Bertz CT molecular complexity index is 1100. The van der Waals surface area contributed by atoms with Crippen molar-refractivity contribution in [3.05, 3.63) is 41.2 Å². The van der Waals surface area contributed by atoms with Crippen LogP contribution < -0.4 is 10.4 Å². The van der Waals surface area contributed by atoms with Crippen molar-refractivity contribution in [1.82, 2.24) is 24.3 Å². The van der Waals surface area contributed by atoms with Crippen molar-refractivity contribution in [3.63, 3.8) is 0 Å². The number of rotatable bonds is 2. The third-order valence-corrected chi connectivity index (χ3v) is 4.08. The molecular weight excluding hydrogens is 294 g/mol. The van der Waals surface area contributed by atoms with Crippen molar-refractivity contribution in [2.45, 2.75) is 0 Å². The van der Waals surface area contributed by atoms with E-state index < -0.39 is 0 Å². The van der Waals surface area contributed by atoms with Gasteiger partial charge in [0.1, 0.15) is 5.75 Å². The fourth-order valence-electron chi connectivity index (χ4n) is 2.85. The number of H-pyrrole nitrogens is 1. The molecule has 0 bridgehead atoms. The van der Waals surface area contributed by atoms with E-state index in [-0.39, 0.29) is 5.69 Å². The molecule has 4 rings (SSSR count). The zero-order valence-corrected chi connectivity index (χ0v) is 13.0. The van der Waals surface area contributed by atoms with Crippen LogP contribution in [0.25, 0.3) is 33.1 Å². The topological polar surface area (TPSA) is 77.7 Å². The molecule has 0 amide bonds. The standard InChI is InChI=1S/C16H15N5O2/c1-20-8-9(6-18-20)10-4-11-12(5-14(10)23-3)17-7-13-15(11)19-16(22)21(13)2/h4-8H,1-3H3,(H,19,22). The van der Waals surface area contributed by atoms with E-state index in [1.807, 2.05) is 25.4 Å². The van der Waals surface area contributed by atoms with E-state index in [1.165, 1.54) is 0 Å². The van der Waals surface area contributed by atoms with Crippen molar-refractivity contribution in [2.24, 2.45) is 14.1 Å². The SMILES string of the molecule is COc1cc2ncc3c([nH]c(=O)n3C)c2cc1-c1cnn(C)c1. The molecule has 0 fully saturated rings. The molecule has 0 saturated heterocycles. The summed E-state index contributed by atoms with van der Waals surface area (Å²) < 4.78 is 8.79. The molecule has 1 N–H and O–H groups in total. The van der Waals surface area contributed by atoms with Crippen molar-refractivity contribution in [1.29, 1.82) is 0 Å². The Morgan fingerprint density at radius 2 is 2.04 bits per heavy atom. The number of ether oxygens (including phenoxy) is 1. The van der Waals surface area contributed by atoms with Crippen LogP contribution in [0.1, 0.15) is 0 Å². The fourth-order valence-corrected chi connectivity index (χ4v) is 2.85. The minimum atomic E-state index is -0.159. The van der Waals surface area contributed by atoms with Gasteiger partial charge in [-0.25, -0.2) is 4.79 Å². The highest BCUT2D eigenvalue weighted by Gasteiger charge is 2.14. The summed E-state index contributed by atoms with van der Waals surface area (Å²) in [5.41, 5.74) is 4.01. The van der Waals surface area contributed by atoms with Crippen LogP contribution in [-0.2, 0) is 14.1 Å². The van der Waals surface area contributed by atoms with E-state index >= 15 is 0 Å². The van der Waals surface area contributed by atoms with Gasteiger partial charge in [-0.3, -0.25) is 14.2 Å². The Hall–Kier alpha value is -3.09. The lowest BCUT2D eigenvalue weighted by Crippen LogP contribution is -2.11. The number of hydrogen-bond acceptors (Lipinski definition) is 4. The molecule has 0 aliphatic carbocycles. The van der Waals surface area contributed by atoms with Gasteiger partial charge in [0.25, 0.3) is 0 Å². The molecule has 23 heavy (non-hydrogen) atoms. The van der Waals surface area contributed by atoms with Gasteiger partial charge in [-0.15, -0.1) is 0 Å². The highest BCUT2D eigenvalue weighted by atomic mass is 16.5. The van der Waals surface area contributed by atoms with Gasteiger partial charge in [0.2, 0.25) is 0 Å². The number of methoxy groups -OCH3 is 1. The van der Waals surface area contributed by atoms with Crippen LogP contribution in [0.3, 0.4) is 0 Å². The molecule has 3 aromatic heterocycles. The van der Waals surface area contributed by atoms with Gasteiger partial charge in [0, 0.05) is 42.9 Å². The normalized spacial score (nSPS) is 11.4. The summed E-state index contributed by atoms with van der Waals surface area (Å²) in [5, 5.41) is 5.09. The summed E-state index contributed by atoms with van der Waals surface area (Å²) >= 11 is 0. The number of aryl methyl sites for hydroxylation is 2. The fraction of sp³-hybridized carbons (Fsp3) is 0.188. The van der Waals surface area contributed by atoms with Crippen LogP contribution in [0, 0.1) is 0 Å². The monoisotopic (exact) mass is 309 g/mol. The lowest BCUT2D eigenvalue weighted by atomic mass is 10.0. The first-order valence-corrected chi connectivity index (χ1v) is 7.13. The molecule has 7 nitrogen and oxygen atoms in total. The third kappa shape index (κ3) is 1.93. The summed E-state index contributed by atoms with van der Waals surface area (Å²) in [6, 6.07) is 3.86. The van der Waals surface area contributed by atoms with Gasteiger partial charge in [0.15, 0.2) is 0 Å². The number of pyridine rings is 1. The van der Waals surface area contributed by atoms with Gasteiger partial charge >= 0.3 is 5.69 Å². The number of hydrogen-bond donors (Lipinski definition) is 1. The summed E-state index contributed by atoms with van der Waals surface area (Å²) in [4.78, 5) is 19.3. The van der Waals surface area contributed by atoms with Crippen LogP contribution in [0.5, 0.6) is 5.75 Å². The lowest BCUT2D eigenvalue weighted by Gasteiger charge is -2.09. The molecule has 0 spiro atoms. The van der Waals surface area contributed by atoms with E-state index in [1.54, 1.807) is 35.8 Å². The maximum atomic E-state index is 11.9. The van der Waals surface area contributed by atoms with E-state index in [9.17, 15) is 4.79 Å². The van der Waals surface area contributed by atoms with Gasteiger partial charge in [-0.05, 0) is 6.07 Å². The molecule has 7 heteroatoms. The number of aromatic nitrogens is 5. The molecule has 0 atom stereocenters. The van der Waals surface area contributed by atoms with Crippen LogP contribution >= 0.6 is 0 Å². The average molecular weight is 309 g/mol. The van der Waals surface area contributed by atoms with Crippen LogP contribution in [-0.4, -0.2) is 31.4 Å². The largest absolute Gasteiger partial charge is 0.496 e. The summed E-state index contributed by atoms with van der Waals surface area (Å²) in [6.07, 6.45) is 5.40. The first-order valence-electron chi connectivity index (χ1n) is 7.13. The third-order valence-electron chi connectivity index (χ3n) is 4.08. The summed E-state index contributed by atoms with van der Waals surface area (Å²) in [6.45, 7) is 0. The Morgan fingerprint density at radius 3 is 2.74 bits per heavy atom. The van der Waals surface area contributed by atoms with Crippen LogP contribution in [0.2, 0.25) is 0 Å². The minimum absolute atomic E-state index is 0.159. The lowest BCUT2D eigenvalue weighted by molar-refractivity contribution is 0.417. The number of nitrogens with one attached hydrogen (secondary N) is 1. The van der Waals surface area contributed by atoms with Crippen LogP contribution in [0.4, 0.5) is 0 Å². The maximum absolute atomic E-state index is 11.9. The average Bonchev–Trinajstić information content (AvgIpc) is 3.10. The molecule has 1 aromatic carbocycles. The molecule has 0 aliphatic heterocycles. The van der Waals surface area contributed by atoms with E-state index in [0.717, 1.165) is 38.8 Å². The highest BCUT2D eigenvalue weighted by molar-refractivity contribution is 6.04. The van der Waals surface area contributed by atoms with Crippen molar-refractivity contribution in [3.8, 4) is 16.9 Å². The maximum Gasteiger partial charge on any atom is 0.326 e. The van der Waals surface area contributed by atoms with E-state index in [0.29, 0.717) is 0 Å². The predicted octanol–water partition coefficient (Wildman–Crippen LogP) is 1.82. The van der Waals surface area contributed by atoms with Crippen molar-refractivity contribution in [2.75, 3.05) is 7.11 Å². The summed E-state index contributed by atoms with van der Waals surface area (Å²) in [5.74, 6) is 0.718. The Labute approximate surface area is 131 Å². The number of aromatic amines is 1. The number of nitrogens with zero attached hydrogens (tertiary/aromatic N) is 4. The quantitative estimate of drug-likeness (QED) is 0.613. The second kappa shape index (κ2) is 4.70. The first kappa shape index (κ1) is 13.6. The molecule has 0 radical (unpaired) electrons. The number of benzene rings is 1. The Balaban J connectivity index is 2.11.